The van der Waals surface area contributed by atoms with Gasteiger partial charge in [-0.2, -0.15) is 0 Å². The molecule has 0 fully saturated rings. The Morgan fingerprint density at radius 3 is 2.17 bits per heavy atom. The second kappa shape index (κ2) is 16.6. The number of halogens is 2. The Morgan fingerprint density at radius 2 is 1.55 bits per heavy atom. The molecule has 2 rings (SSSR count). The Morgan fingerprint density at radius 1 is 0.966 bits per heavy atom. The molecule has 0 saturated heterocycles. The number of fused-ring (bicyclic) bond motifs is 1. The minimum atomic E-state index is -1.60. The zero-order chi connectivity index (χ0) is 19.5. The summed E-state index contributed by atoms with van der Waals surface area (Å²) in [5.41, 5.74) is 2.81. The Kier molecular flexibility index (Phi) is 16.6. The van der Waals surface area contributed by atoms with Crippen LogP contribution in [0.15, 0.2) is 30.3 Å². The van der Waals surface area contributed by atoms with Gasteiger partial charge in [-0.15, -0.1) is 0 Å². The molecule has 1 atom stereocenters. The van der Waals surface area contributed by atoms with Gasteiger partial charge in [-0.1, -0.05) is 6.92 Å². The predicted octanol–water partition coefficient (Wildman–Crippen LogP) is 0.316. The van der Waals surface area contributed by atoms with E-state index >= 15 is 0 Å². The van der Waals surface area contributed by atoms with Crippen molar-refractivity contribution in [2.24, 2.45) is 0 Å². The van der Waals surface area contributed by atoms with Gasteiger partial charge in [0.2, 0.25) is 0 Å². The second-order valence-corrected chi connectivity index (χ2v) is 21.3. The van der Waals surface area contributed by atoms with Gasteiger partial charge >= 0.3 is 168 Å². The molecule has 0 aromatic heterocycles. The molecule has 0 saturated carbocycles. The third-order valence-corrected chi connectivity index (χ3v) is 17.4. The number of benzene rings is 1. The van der Waals surface area contributed by atoms with Crippen LogP contribution in [0.4, 0.5) is 0 Å². The number of hydrogen-bond donors (Lipinski definition) is 1. The van der Waals surface area contributed by atoms with Crippen LogP contribution in [-0.2, 0) is 22.2 Å². The van der Waals surface area contributed by atoms with Crippen molar-refractivity contribution in [3.63, 3.8) is 0 Å². The van der Waals surface area contributed by atoms with Gasteiger partial charge in [-0.25, -0.2) is 0 Å². The van der Waals surface area contributed by atoms with E-state index in [1.165, 1.54) is 62.5 Å². The SMILES string of the molecule is CCCCCCCCCCCC(=O)[NH][Ti+2]([CH]1C=Cc2ccccc21)[SiH](C)C.[Cl-].[Cl-]. The van der Waals surface area contributed by atoms with Crippen molar-refractivity contribution in [3.8, 4) is 0 Å². The number of nitrogens with one attached hydrogen (secondary N) is 1. The summed E-state index contributed by atoms with van der Waals surface area (Å²) in [5, 5.41) is 0. The molecule has 1 aliphatic carbocycles. The number of carbonyl (C=O) groups is 1. The largest absolute Gasteiger partial charge is 1.00 e. The Bertz CT molecular complexity index is 612. The van der Waals surface area contributed by atoms with E-state index in [4.69, 9.17) is 0 Å². The molecule has 163 valence electrons. The number of hydrogen-bond acceptors (Lipinski definition) is 1. The molecule has 2 nitrogen and oxygen atoms in total. The van der Waals surface area contributed by atoms with Crippen molar-refractivity contribution < 1.29 is 47.0 Å². The van der Waals surface area contributed by atoms with Crippen LogP contribution in [0.25, 0.3) is 6.08 Å². The Hall–Kier alpha value is -0.0588. The molecular weight excluding hydrogens is 453 g/mol. The van der Waals surface area contributed by atoms with Crippen molar-refractivity contribution >= 4 is 18.6 Å². The average Bonchev–Trinajstić information content (AvgIpc) is 3.08. The molecule has 0 aliphatic heterocycles. The zero-order valence-electron chi connectivity index (χ0n) is 18.4. The quantitative estimate of drug-likeness (QED) is 0.313. The molecule has 1 unspecified atom stereocenters. The number of rotatable bonds is 13. The summed E-state index contributed by atoms with van der Waals surface area (Å²) in [6.45, 7) is 6.27. The monoisotopic (exact) mass is 490 g/mol. The molecular formula is C23H38Cl2NOSiTi. The van der Waals surface area contributed by atoms with Gasteiger partial charge < -0.3 is 24.8 Å². The smallest absolute Gasteiger partial charge is 1.00 e. The normalized spacial score (nSPS) is 14.1. The topological polar surface area (TPSA) is 29.1 Å². The van der Waals surface area contributed by atoms with E-state index in [-0.39, 0.29) is 24.8 Å². The first-order valence-corrected chi connectivity index (χ1v) is 18.3. The molecule has 1 amide bonds. The summed E-state index contributed by atoms with van der Waals surface area (Å²) in [6, 6.07) is 8.71. The molecule has 6 heteroatoms. The summed E-state index contributed by atoms with van der Waals surface area (Å²) in [7, 11) is 0. The van der Waals surface area contributed by atoms with Gasteiger partial charge in [-0.3, -0.25) is 0 Å². The van der Waals surface area contributed by atoms with Crippen LogP contribution in [0.5, 0.6) is 0 Å². The van der Waals surface area contributed by atoms with Crippen molar-refractivity contribution in [1.82, 2.24) is 3.80 Å². The number of amides is 1. The maximum absolute atomic E-state index is 12.6. The zero-order valence-corrected chi connectivity index (χ0v) is 22.6. The molecule has 1 aromatic rings. The van der Waals surface area contributed by atoms with Crippen LogP contribution in [0.3, 0.4) is 0 Å². The third kappa shape index (κ3) is 10.2. The van der Waals surface area contributed by atoms with Crippen molar-refractivity contribution in [1.29, 1.82) is 0 Å². The van der Waals surface area contributed by atoms with Crippen LogP contribution in [0.1, 0.15) is 86.5 Å². The Labute approximate surface area is 198 Å². The third-order valence-electron chi connectivity index (χ3n) is 5.55. The summed E-state index contributed by atoms with van der Waals surface area (Å²) in [4.78, 5) is 12.6. The van der Waals surface area contributed by atoms with Crippen molar-refractivity contribution in [2.75, 3.05) is 0 Å². The number of unbranched alkanes of at least 4 members (excludes halogenated alkanes) is 8. The van der Waals surface area contributed by atoms with E-state index in [2.05, 4.69) is 60.2 Å². The van der Waals surface area contributed by atoms with Crippen LogP contribution < -0.4 is 28.6 Å². The van der Waals surface area contributed by atoms with E-state index in [0.29, 0.717) is 10.1 Å². The standard InChI is InChI=1S/C12H25NO.C9H7.C2H7Si.2ClH.Ti/c1-2-3-4-5-6-7-8-9-10-11-12(13)14;1-2-5-9-7-3-6-8(9)4-1;1-3-2;;;/h2-11H2,1H3,(H2,13,14);1-7H;3H,1-2H3;2*1H;/q;;;;;+3/p-3. The van der Waals surface area contributed by atoms with Gasteiger partial charge in [0.05, 0.1) is 0 Å². The fraction of sp³-hybridized carbons (Fsp3) is 0.609. The van der Waals surface area contributed by atoms with Crippen molar-refractivity contribution in [2.45, 2.75) is 88.4 Å². The van der Waals surface area contributed by atoms with Crippen LogP contribution in [0, 0.1) is 0 Å². The maximum atomic E-state index is 12.6. The van der Waals surface area contributed by atoms with E-state index in [9.17, 15) is 4.79 Å². The fourth-order valence-electron chi connectivity index (χ4n) is 3.92. The number of carbonyl (C=O) groups excluding carboxylic acids is 1. The molecule has 0 spiro atoms. The number of allylic oxidation sites excluding steroid dienone is 1. The van der Waals surface area contributed by atoms with Crippen LogP contribution in [-0.4, -0.2) is 12.6 Å². The molecule has 1 N–H and O–H groups in total. The van der Waals surface area contributed by atoms with E-state index in [1.807, 2.05) is 0 Å². The summed E-state index contributed by atoms with van der Waals surface area (Å²) < 4.78 is 4.09. The predicted molar refractivity (Wildman–Crippen MR) is 117 cm³/mol. The fourth-order valence-corrected chi connectivity index (χ4v) is 13.9. The molecule has 0 bridgehead atoms. The van der Waals surface area contributed by atoms with Gasteiger partial charge in [0.1, 0.15) is 0 Å². The van der Waals surface area contributed by atoms with E-state index in [1.54, 1.807) is 0 Å². The van der Waals surface area contributed by atoms with Crippen molar-refractivity contribution in [3.05, 3.63) is 41.5 Å². The Balaban J connectivity index is 0.00000392. The molecule has 1 aromatic carbocycles. The second-order valence-electron chi connectivity index (χ2n) is 8.20. The summed E-state index contributed by atoms with van der Waals surface area (Å²) in [5.74, 6) is 0.326. The minimum Gasteiger partial charge on any atom is -1.00 e. The van der Waals surface area contributed by atoms with Crippen LogP contribution in [0.2, 0.25) is 13.1 Å². The van der Waals surface area contributed by atoms with Crippen LogP contribution >= 0.6 is 0 Å². The molecule has 0 radical (unpaired) electrons. The first-order chi connectivity index (χ1) is 13.1. The first kappa shape index (κ1) is 28.9. The van der Waals surface area contributed by atoms with Gasteiger partial charge in [0.15, 0.2) is 0 Å². The minimum absolute atomic E-state index is 0. The maximum Gasteiger partial charge on any atom is -1.00 e. The van der Waals surface area contributed by atoms with Gasteiger partial charge in [0, 0.05) is 0 Å². The van der Waals surface area contributed by atoms with E-state index in [0.717, 1.165) is 12.8 Å². The summed E-state index contributed by atoms with van der Waals surface area (Å²) >= 11 is -1.60. The van der Waals surface area contributed by atoms with E-state index < -0.39 is 24.0 Å². The summed E-state index contributed by atoms with van der Waals surface area (Å²) in [6.07, 6.45) is 17.1. The van der Waals surface area contributed by atoms with Gasteiger partial charge in [0.25, 0.3) is 0 Å². The molecule has 1 aliphatic rings. The molecule has 29 heavy (non-hydrogen) atoms. The molecule has 0 heterocycles. The first-order valence-electron chi connectivity index (χ1n) is 11.1. The average molecular weight is 491 g/mol. The van der Waals surface area contributed by atoms with Gasteiger partial charge in [-0.05, 0) is 0 Å².